The summed E-state index contributed by atoms with van der Waals surface area (Å²) in [7, 11) is 0. The molecule has 142 valence electrons. The van der Waals surface area contributed by atoms with Gasteiger partial charge in [-0.25, -0.2) is 4.39 Å². The molecule has 1 heterocycles. The molecule has 7 heteroatoms. The van der Waals surface area contributed by atoms with E-state index in [9.17, 15) is 14.0 Å². The van der Waals surface area contributed by atoms with Crippen molar-refractivity contribution in [2.24, 2.45) is 5.73 Å². The average molecular weight is 387 g/mol. The zero-order chi connectivity index (χ0) is 19.0. The summed E-state index contributed by atoms with van der Waals surface area (Å²) in [4.78, 5) is 27.8. The summed E-state index contributed by atoms with van der Waals surface area (Å²) in [5.41, 5.74) is 8.02. The first-order valence-corrected chi connectivity index (χ1v) is 10.1. The first-order chi connectivity index (χ1) is 13.0. The predicted molar refractivity (Wildman–Crippen MR) is 103 cm³/mol. The van der Waals surface area contributed by atoms with Crippen LogP contribution in [0.1, 0.15) is 45.6 Å². The number of nitrogens with one attached hydrogen (secondary N) is 1. The monoisotopic (exact) mass is 387 g/mol. The second-order valence-electron chi connectivity index (χ2n) is 7.24. The molecule has 1 fully saturated rings. The van der Waals surface area contributed by atoms with Gasteiger partial charge in [-0.15, -0.1) is 11.3 Å². The molecule has 27 heavy (non-hydrogen) atoms. The number of aryl methyl sites for hydroxylation is 1. The van der Waals surface area contributed by atoms with Gasteiger partial charge < -0.3 is 11.1 Å². The Bertz CT molecular complexity index is 874. The van der Waals surface area contributed by atoms with Crippen LogP contribution in [-0.2, 0) is 24.2 Å². The molecule has 1 aromatic heterocycles. The Labute approximate surface area is 161 Å². The molecule has 1 saturated carbocycles. The van der Waals surface area contributed by atoms with Crippen molar-refractivity contribution in [3.05, 3.63) is 51.7 Å². The first kappa shape index (κ1) is 18.1. The Morgan fingerprint density at radius 1 is 1.22 bits per heavy atom. The molecule has 2 aromatic rings. The van der Waals surface area contributed by atoms with Gasteiger partial charge in [0, 0.05) is 17.5 Å². The predicted octanol–water partition coefficient (Wildman–Crippen LogP) is 3.08. The minimum Gasteiger partial charge on any atom is -0.365 e. The molecular formula is C20H22FN3O2S. The minimum atomic E-state index is -0.477. The minimum absolute atomic E-state index is 0.147. The topological polar surface area (TPSA) is 75.4 Å². The van der Waals surface area contributed by atoms with E-state index in [1.165, 1.54) is 23.5 Å². The Morgan fingerprint density at radius 2 is 1.96 bits per heavy atom. The van der Waals surface area contributed by atoms with E-state index in [1.807, 2.05) is 0 Å². The third-order valence-electron chi connectivity index (χ3n) is 5.13. The van der Waals surface area contributed by atoms with Gasteiger partial charge in [0.05, 0.1) is 12.1 Å². The number of nitrogens with two attached hydrogens (primary N) is 1. The number of fused-ring (bicyclic) bond motifs is 1. The second kappa shape index (κ2) is 7.40. The summed E-state index contributed by atoms with van der Waals surface area (Å²) in [6.45, 7) is 0.838. The molecule has 0 atom stereocenters. The Hall–Kier alpha value is -2.25. The van der Waals surface area contributed by atoms with Crippen molar-refractivity contribution >= 4 is 28.2 Å². The van der Waals surface area contributed by atoms with E-state index < -0.39 is 5.91 Å². The number of hydrogen-bond acceptors (Lipinski definition) is 4. The highest BCUT2D eigenvalue weighted by Crippen LogP contribution is 2.39. The molecule has 0 aliphatic heterocycles. The highest BCUT2D eigenvalue weighted by Gasteiger charge is 2.31. The second-order valence-corrected chi connectivity index (χ2v) is 8.34. The lowest BCUT2D eigenvalue weighted by Crippen LogP contribution is -2.34. The van der Waals surface area contributed by atoms with Crippen molar-refractivity contribution in [2.75, 3.05) is 11.9 Å². The number of nitrogens with zero attached hydrogens (tertiary/aromatic N) is 1. The number of rotatable bonds is 7. The lowest BCUT2D eigenvalue weighted by Gasteiger charge is -2.21. The molecule has 0 bridgehead atoms. The smallest absolute Gasteiger partial charge is 0.251 e. The molecular weight excluding hydrogens is 365 g/mol. The molecule has 1 aromatic carbocycles. The van der Waals surface area contributed by atoms with Crippen LogP contribution in [0.4, 0.5) is 9.39 Å². The molecule has 2 amide bonds. The van der Waals surface area contributed by atoms with Crippen molar-refractivity contribution in [1.82, 2.24) is 4.90 Å². The zero-order valence-electron chi connectivity index (χ0n) is 15.0. The quantitative estimate of drug-likeness (QED) is 0.767. The van der Waals surface area contributed by atoms with Gasteiger partial charge in [-0.05, 0) is 55.4 Å². The fourth-order valence-electron chi connectivity index (χ4n) is 3.68. The normalized spacial score (nSPS) is 15.8. The summed E-state index contributed by atoms with van der Waals surface area (Å²) in [6, 6.07) is 6.75. The number of halogens is 1. The van der Waals surface area contributed by atoms with Gasteiger partial charge in [-0.1, -0.05) is 12.1 Å². The molecule has 0 saturated heterocycles. The number of thiophene rings is 1. The van der Waals surface area contributed by atoms with Gasteiger partial charge in [0.2, 0.25) is 5.91 Å². The van der Waals surface area contributed by atoms with Crippen molar-refractivity contribution in [3.8, 4) is 0 Å². The van der Waals surface area contributed by atoms with Gasteiger partial charge in [-0.3, -0.25) is 14.5 Å². The van der Waals surface area contributed by atoms with Crippen LogP contribution in [0.3, 0.4) is 0 Å². The Balaban J connectivity index is 1.45. The van der Waals surface area contributed by atoms with Crippen molar-refractivity contribution in [3.63, 3.8) is 0 Å². The van der Waals surface area contributed by atoms with Crippen LogP contribution in [-0.4, -0.2) is 29.3 Å². The van der Waals surface area contributed by atoms with Crippen LogP contribution in [0.25, 0.3) is 0 Å². The van der Waals surface area contributed by atoms with Crippen LogP contribution >= 0.6 is 11.3 Å². The molecule has 0 unspecified atom stereocenters. The number of amides is 2. The van der Waals surface area contributed by atoms with Crippen molar-refractivity contribution in [1.29, 1.82) is 0 Å². The number of carbonyl (C=O) groups excluding carboxylic acids is 2. The lowest BCUT2D eigenvalue weighted by molar-refractivity contribution is -0.117. The van der Waals surface area contributed by atoms with Crippen molar-refractivity contribution < 1.29 is 14.0 Å². The van der Waals surface area contributed by atoms with E-state index in [-0.39, 0.29) is 18.3 Å². The number of benzene rings is 1. The summed E-state index contributed by atoms with van der Waals surface area (Å²) >= 11 is 1.47. The van der Waals surface area contributed by atoms with Crippen LogP contribution in [0.5, 0.6) is 0 Å². The maximum absolute atomic E-state index is 13.1. The first-order valence-electron chi connectivity index (χ1n) is 9.24. The van der Waals surface area contributed by atoms with Gasteiger partial charge >= 0.3 is 0 Å². The van der Waals surface area contributed by atoms with E-state index in [2.05, 4.69) is 10.2 Å². The highest BCUT2D eigenvalue weighted by atomic mass is 32.1. The van der Waals surface area contributed by atoms with E-state index in [0.29, 0.717) is 23.2 Å². The number of carbonyl (C=O) groups is 2. The van der Waals surface area contributed by atoms with Crippen LogP contribution in [0.2, 0.25) is 0 Å². The SMILES string of the molecule is NC(=O)c1c(NC(=O)CN(Cc2ccc(F)cc2)C2CC2)sc2c1CCC2. The van der Waals surface area contributed by atoms with Gasteiger partial charge in [0.1, 0.15) is 10.8 Å². The highest BCUT2D eigenvalue weighted by molar-refractivity contribution is 7.17. The van der Waals surface area contributed by atoms with E-state index >= 15 is 0 Å². The Morgan fingerprint density at radius 3 is 2.63 bits per heavy atom. The van der Waals surface area contributed by atoms with E-state index in [0.717, 1.165) is 48.1 Å². The Kier molecular flexibility index (Phi) is 4.97. The molecule has 2 aliphatic carbocycles. The van der Waals surface area contributed by atoms with Crippen LogP contribution in [0, 0.1) is 5.82 Å². The summed E-state index contributed by atoms with van der Waals surface area (Å²) < 4.78 is 13.1. The standard InChI is InChI=1S/C20H22FN3O2S/c21-13-6-4-12(5-7-13)10-24(14-8-9-14)11-17(25)23-20-18(19(22)26)15-2-1-3-16(15)27-20/h4-7,14H,1-3,8-11H2,(H2,22,26)(H,23,25). The molecule has 5 nitrogen and oxygen atoms in total. The van der Waals surface area contributed by atoms with Crippen LogP contribution in [0.15, 0.2) is 24.3 Å². The maximum Gasteiger partial charge on any atom is 0.251 e. The number of hydrogen-bond donors (Lipinski definition) is 2. The van der Waals surface area contributed by atoms with E-state index in [1.54, 1.807) is 12.1 Å². The number of primary amides is 1. The lowest BCUT2D eigenvalue weighted by atomic mass is 10.1. The maximum atomic E-state index is 13.1. The third kappa shape index (κ3) is 4.04. The molecule has 0 spiro atoms. The fourth-order valence-corrected chi connectivity index (χ4v) is 4.99. The summed E-state index contributed by atoms with van der Waals surface area (Å²) in [5.74, 6) is -0.888. The van der Waals surface area contributed by atoms with Gasteiger partial charge in [0.25, 0.3) is 5.91 Å². The summed E-state index contributed by atoms with van der Waals surface area (Å²) in [6.07, 6.45) is 4.94. The van der Waals surface area contributed by atoms with E-state index in [4.69, 9.17) is 5.73 Å². The zero-order valence-corrected chi connectivity index (χ0v) is 15.8. The van der Waals surface area contributed by atoms with Crippen molar-refractivity contribution in [2.45, 2.75) is 44.7 Å². The van der Waals surface area contributed by atoms with Gasteiger partial charge in [-0.2, -0.15) is 0 Å². The van der Waals surface area contributed by atoms with Crippen LogP contribution < -0.4 is 11.1 Å². The molecule has 2 aliphatic rings. The average Bonchev–Trinajstić information content (AvgIpc) is 3.28. The largest absolute Gasteiger partial charge is 0.365 e. The molecule has 0 radical (unpaired) electrons. The number of anilines is 1. The fraction of sp³-hybridized carbons (Fsp3) is 0.400. The molecule has 3 N–H and O–H groups in total. The third-order valence-corrected chi connectivity index (χ3v) is 6.34. The summed E-state index contributed by atoms with van der Waals surface area (Å²) in [5, 5.41) is 3.48. The van der Waals surface area contributed by atoms with Gasteiger partial charge in [0.15, 0.2) is 0 Å². The molecule has 4 rings (SSSR count).